The third-order valence-electron chi connectivity index (χ3n) is 4.65. The molecule has 148 valence electrons. The van der Waals surface area contributed by atoms with Gasteiger partial charge in [-0.15, -0.1) is 0 Å². The standard InChI is InChI=1S/C22H20FN3O2S/c1-2-14-5-3-4-6-19(14)25-21(28)13-29-22-18(12-24)17(11-20(27)26-22)15-7-9-16(23)10-8-15/h3-10,17H,2,11,13H2,1H3,(H,25,28)(H,26,27)/t17-/m1/s1. The maximum Gasteiger partial charge on any atom is 0.234 e. The quantitative estimate of drug-likeness (QED) is 0.753. The number of thioether (sulfide) groups is 1. The second kappa shape index (κ2) is 9.39. The zero-order valence-corrected chi connectivity index (χ0v) is 16.7. The Labute approximate surface area is 173 Å². The van der Waals surface area contributed by atoms with E-state index in [1.807, 2.05) is 31.2 Å². The topological polar surface area (TPSA) is 82.0 Å². The molecule has 29 heavy (non-hydrogen) atoms. The van der Waals surface area contributed by atoms with Gasteiger partial charge in [-0.3, -0.25) is 9.59 Å². The number of nitrogens with one attached hydrogen (secondary N) is 2. The molecule has 3 rings (SSSR count). The molecule has 5 nitrogen and oxygen atoms in total. The van der Waals surface area contributed by atoms with Gasteiger partial charge in [-0.1, -0.05) is 49.0 Å². The van der Waals surface area contributed by atoms with E-state index in [1.54, 1.807) is 12.1 Å². The van der Waals surface area contributed by atoms with Gasteiger partial charge < -0.3 is 10.6 Å². The van der Waals surface area contributed by atoms with E-state index >= 15 is 0 Å². The van der Waals surface area contributed by atoms with Gasteiger partial charge in [0.1, 0.15) is 5.82 Å². The molecular formula is C22H20FN3O2S. The monoisotopic (exact) mass is 409 g/mol. The van der Waals surface area contributed by atoms with Crippen LogP contribution in [0.3, 0.4) is 0 Å². The van der Waals surface area contributed by atoms with Crippen molar-refractivity contribution in [2.75, 3.05) is 11.1 Å². The summed E-state index contributed by atoms with van der Waals surface area (Å²) < 4.78 is 13.2. The van der Waals surface area contributed by atoms with Gasteiger partial charge in [-0.2, -0.15) is 5.26 Å². The van der Waals surface area contributed by atoms with Crippen molar-refractivity contribution in [1.29, 1.82) is 5.26 Å². The van der Waals surface area contributed by atoms with E-state index in [1.165, 1.54) is 12.1 Å². The molecule has 0 radical (unpaired) electrons. The summed E-state index contributed by atoms with van der Waals surface area (Å²) in [7, 11) is 0. The summed E-state index contributed by atoms with van der Waals surface area (Å²) >= 11 is 1.12. The fraction of sp³-hybridized carbons (Fsp3) is 0.227. The maximum atomic E-state index is 13.2. The van der Waals surface area contributed by atoms with Gasteiger partial charge >= 0.3 is 0 Å². The number of aryl methyl sites for hydroxylation is 1. The number of anilines is 1. The van der Waals surface area contributed by atoms with Crippen LogP contribution in [0.4, 0.5) is 10.1 Å². The summed E-state index contributed by atoms with van der Waals surface area (Å²) in [5, 5.41) is 15.6. The molecule has 0 aromatic heterocycles. The number of rotatable bonds is 6. The van der Waals surface area contributed by atoms with Crippen LogP contribution in [0.2, 0.25) is 0 Å². The lowest BCUT2D eigenvalue weighted by molar-refractivity contribution is -0.121. The van der Waals surface area contributed by atoms with Gasteiger partial charge in [0.25, 0.3) is 0 Å². The number of nitrogens with zero attached hydrogens (tertiary/aromatic N) is 1. The maximum absolute atomic E-state index is 13.2. The minimum absolute atomic E-state index is 0.0506. The van der Waals surface area contributed by atoms with Crippen LogP contribution in [0, 0.1) is 17.1 Å². The molecule has 1 heterocycles. The largest absolute Gasteiger partial charge is 0.325 e. The molecule has 0 unspecified atom stereocenters. The number of hydrogen-bond donors (Lipinski definition) is 2. The average molecular weight is 409 g/mol. The highest BCUT2D eigenvalue weighted by Crippen LogP contribution is 2.36. The number of para-hydroxylation sites is 1. The van der Waals surface area contributed by atoms with Crippen molar-refractivity contribution in [2.45, 2.75) is 25.7 Å². The number of carbonyl (C=O) groups is 2. The molecule has 0 bridgehead atoms. The molecule has 7 heteroatoms. The van der Waals surface area contributed by atoms with Crippen LogP contribution >= 0.6 is 11.8 Å². The number of halogens is 1. The first kappa shape index (κ1) is 20.6. The van der Waals surface area contributed by atoms with Crippen molar-refractivity contribution < 1.29 is 14.0 Å². The lowest BCUT2D eigenvalue weighted by atomic mass is 9.87. The van der Waals surface area contributed by atoms with Gasteiger partial charge in [-0.05, 0) is 35.7 Å². The van der Waals surface area contributed by atoms with Crippen molar-refractivity contribution in [3.05, 3.63) is 76.1 Å². The molecular weight excluding hydrogens is 389 g/mol. The van der Waals surface area contributed by atoms with E-state index in [4.69, 9.17) is 0 Å². The van der Waals surface area contributed by atoms with Crippen molar-refractivity contribution in [3.63, 3.8) is 0 Å². The van der Waals surface area contributed by atoms with Crippen molar-refractivity contribution in [1.82, 2.24) is 5.32 Å². The number of amides is 2. The summed E-state index contributed by atoms with van der Waals surface area (Å²) in [4.78, 5) is 24.6. The van der Waals surface area contributed by atoms with Crippen LogP contribution in [0.25, 0.3) is 0 Å². The molecule has 0 saturated heterocycles. The molecule has 0 fully saturated rings. The van der Waals surface area contributed by atoms with Gasteiger partial charge in [0, 0.05) is 18.0 Å². The van der Waals surface area contributed by atoms with Crippen LogP contribution < -0.4 is 10.6 Å². The summed E-state index contributed by atoms with van der Waals surface area (Å²) in [5.41, 5.74) is 2.86. The minimum Gasteiger partial charge on any atom is -0.325 e. The Hall–Kier alpha value is -3.11. The van der Waals surface area contributed by atoms with Crippen LogP contribution in [-0.4, -0.2) is 17.6 Å². The molecule has 1 aliphatic rings. The Morgan fingerprint density at radius 1 is 1.28 bits per heavy atom. The normalized spacial score (nSPS) is 16.2. The zero-order valence-electron chi connectivity index (χ0n) is 15.9. The third kappa shape index (κ3) is 5.04. The Balaban J connectivity index is 1.75. The average Bonchev–Trinajstić information content (AvgIpc) is 2.72. The summed E-state index contributed by atoms with van der Waals surface area (Å²) in [6, 6.07) is 15.5. The second-order valence-electron chi connectivity index (χ2n) is 6.56. The van der Waals surface area contributed by atoms with Crippen molar-refractivity contribution >= 4 is 29.3 Å². The minimum atomic E-state index is -0.458. The molecule has 0 aliphatic carbocycles. The number of allylic oxidation sites excluding steroid dienone is 1. The van der Waals surface area contributed by atoms with E-state index < -0.39 is 5.92 Å². The SMILES string of the molecule is CCc1ccccc1NC(=O)CSC1=C(C#N)[C@@H](c2ccc(F)cc2)CC(=O)N1. The van der Waals surface area contributed by atoms with E-state index in [0.29, 0.717) is 16.2 Å². The van der Waals surface area contributed by atoms with Gasteiger partial charge in [0.2, 0.25) is 11.8 Å². The summed E-state index contributed by atoms with van der Waals surface area (Å²) in [6.45, 7) is 2.01. The highest BCUT2D eigenvalue weighted by atomic mass is 32.2. The lowest BCUT2D eigenvalue weighted by Crippen LogP contribution is -2.31. The number of nitriles is 1. The Morgan fingerprint density at radius 2 is 2.00 bits per heavy atom. The predicted octanol–water partition coefficient (Wildman–Crippen LogP) is 4.10. The molecule has 2 aromatic rings. The first-order valence-corrected chi connectivity index (χ1v) is 10.2. The Morgan fingerprint density at radius 3 is 2.69 bits per heavy atom. The smallest absolute Gasteiger partial charge is 0.234 e. The fourth-order valence-electron chi connectivity index (χ4n) is 3.19. The van der Waals surface area contributed by atoms with Crippen LogP contribution in [0.1, 0.15) is 30.4 Å². The van der Waals surface area contributed by atoms with E-state index in [2.05, 4.69) is 16.7 Å². The molecule has 1 atom stereocenters. The van der Waals surface area contributed by atoms with Crippen molar-refractivity contribution in [2.24, 2.45) is 0 Å². The molecule has 2 amide bonds. The lowest BCUT2D eigenvalue weighted by Gasteiger charge is -2.25. The number of benzene rings is 2. The Bertz CT molecular complexity index is 996. The molecule has 2 N–H and O–H groups in total. The van der Waals surface area contributed by atoms with Crippen molar-refractivity contribution in [3.8, 4) is 6.07 Å². The Kier molecular flexibility index (Phi) is 6.68. The highest BCUT2D eigenvalue weighted by Gasteiger charge is 2.29. The highest BCUT2D eigenvalue weighted by molar-refractivity contribution is 8.03. The second-order valence-corrected chi connectivity index (χ2v) is 7.54. The molecule has 2 aromatic carbocycles. The third-order valence-corrected chi connectivity index (χ3v) is 5.67. The van der Waals surface area contributed by atoms with Gasteiger partial charge in [-0.25, -0.2) is 4.39 Å². The predicted molar refractivity (Wildman–Crippen MR) is 111 cm³/mol. The van der Waals surface area contributed by atoms with Crippen LogP contribution in [0.5, 0.6) is 0 Å². The van der Waals surface area contributed by atoms with Crippen LogP contribution in [0.15, 0.2) is 59.1 Å². The van der Waals surface area contributed by atoms with E-state index in [-0.39, 0.29) is 29.8 Å². The van der Waals surface area contributed by atoms with Crippen LogP contribution in [-0.2, 0) is 16.0 Å². The molecule has 1 aliphatic heterocycles. The first-order chi connectivity index (χ1) is 14.0. The molecule has 0 spiro atoms. The number of hydrogen-bond acceptors (Lipinski definition) is 4. The first-order valence-electron chi connectivity index (χ1n) is 9.22. The number of carbonyl (C=O) groups excluding carboxylic acids is 2. The fourth-order valence-corrected chi connectivity index (χ4v) is 4.06. The van der Waals surface area contributed by atoms with Gasteiger partial charge in [0.05, 0.1) is 22.4 Å². The van der Waals surface area contributed by atoms with Gasteiger partial charge in [0.15, 0.2) is 0 Å². The zero-order chi connectivity index (χ0) is 20.8. The summed E-state index contributed by atoms with van der Waals surface area (Å²) in [5.74, 6) is -1.25. The molecule has 0 saturated carbocycles. The summed E-state index contributed by atoms with van der Waals surface area (Å²) in [6.07, 6.45) is 0.900. The van der Waals surface area contributed by atoms with E-state index in [9.17, 15) is 19.2 Å². The van der Waals surface area contributed by atoms with E-state index in [0.717, 1.165) is 29.4 Å².